The third kappa shape index (κ3) is 4.27. The van der Waals surface area contributed by atoms with Crippen molar-refractivity contribution in [3.8, 4) is 11.5 Å². The van der Waals surface area contributed by atoms with Gasteiger partial charge in [-0.2, -0.15) is 4.39 Å². The third-order valence-electron chi connectivity index (χ3n) is 3.92. The molecule has 0 bridgehead atoms. The van der Waals surface area contributed by atoms with E-state index in [1.165, 1.54) is 11.0 Å². The second kappa shape index (κ2) is 8.28. The molecule has 7 nitrogen and oxygen atoms in total. The zero-order valence-electron chi connectivity index (χ0n) is 14.7. The minimum atomic E-state index is -0.973. The maximum absolute atomic E-state index is 13.4. The lowest BCUT2D eigenvalue weighted by atomic mass is 10.1. The Labute approximate surface area is 150 Å². The number of carbonyl (C=O) groups is 1. The number of carbonyl (C=O) groups excluding carboxylic acids is 1. The van der Waals surface area contributed by atoms with E-state index in [9.17, 15) is 19.3 Å². The summed E-state index contributed by atoms with van der Waals surface area (Å²) in [4.78, 5) is 23.8. The summed E-state index contributed by atoms with van der Waals surface area (Å²) >= 11 is 0. The first kappa shape index (κ1) is 19.2. The number of likely N-dealkylation sites (N-methyl/N-ethyl adjacent to an activating group) is 1. The van der Waals surface area contributed by atoms with Gasteiger partial charge in [0.1, 0.15) is 0 Å². The van der Waals surface area contributed by atoms with Crippen molar-refractivity contribution in [1.82, 2.24) is 4.90 Å². The van der Waals surface area contributed by atoms with Crippen LogP contribution < -0.4 is 9.47 Å². The van der Waals surface area contributed by atoms with Crippen molar-refractivity contribution >= 4 is 11.6 Å². The van der Waals surface area contributed by atoms with Crippen molar-refractivity contribution in [2.75, 3.05) is 27.8 Å². The van der Waals surface area contributed by atoms with Gasteiger partial charge in [0.15, 0.2) is 11.5 Å². The summed E-state index contributed by atoms with van der Waals surface area (Å²) in [5.74, 6) is -0.194. The van der Waals surface area contributed by atoms with Crippen molar-refractivity contribution < 1.29 is 23.6 Å². The topological polar surface area (TPSA) is 81.9 Å². The third-order valence-corrected chi connectivity index (χ3v) is 3.92. The van der Waals surface area contributed by atoms with Gasteiger partial charge < -0.3 is 14.4 Å². The van der Waals surface area contributed by atoms with Gasteiger partial charge in [0, 0.05) is 25.2 Å². The molecule has 0 fully saturated rings. The van der Waals surface area contributed by atoms with Crippen LogP contribution in [-0.2, 0) is 6.42 Å². The smallest absolute Gasteiger partial charge is 0.305 e. The molecule has 2 aromatic rings. The molecule has 1 amide bonds. The molecule has 2 aromatic carbocycles. The van der Waals surface area contributed by atoms with Gasteiger partial charge in [0.2, 0.25) is 5.82 Å². The normalized spacial score (nSPS) is 10.3. The Kier molecular flexibility index (Phi) is 6.11. The van der Waals surface area contributed by atoms with Crippen LogP contribution in [0.3, 0.4) is 0 Å². The molecule has 0 radical (unpaired) electrons. The van der Waals surface area contributed by atoms with E-state index in [2.05, 4.69) is 0 Å². The first-order valence-electron chi connectivity index (χ1n) is 7.77. The predicted molar refractivity (Wildman–Crippen MR) is 93.3 cm³/mol. The molecule has 0 spiro atoms. The highest BCUT2D eigenvalue weighted by Gasteiger charge is 2.19. The highest BCUT2D eigenvalue weighted by Crippen LogP contribution is 2.27. The van der Waals surface area contributed by atoms with Crippen molar-refractivity contribution in [1.29, 1.82) is 0 Å². The molecule has 0 saturated carbocycles. The van der Waals surface area contributed by atoms with Crippen LogP contribution in [0, 0.1) is 15.9 Å². The Morgan fingerprint density at radius 1 is 1.15 bits per heavy atom. The van der Waals surface area contributed by atoms with Crippen LogP contribution >= 0.6 is 0 Å². The lowest BCUT2D eigenvalue weighted by molar-refractivity contribution is -0.387. The van der Waals surface area contributed by atoms with E-state index >= 15 is 0 Å². The van der Waals surface area contributed by atoms with E-state index < -0.39 is 22.3 Å². The number of nitro benzene ring substituents is 1. The zero-order chi connectivity index (χ0) is 19.3. The SMILES string of the molecule is COc1ccc(CCN(C)C(=O)c2ccc(F)c([N+](=O)[O-])c2)cc1OC. The van der Waals surface area contributed by atoms with Crippen molar-refractivity contribution in [3.05, 3.63) is 63.5 Å². The minimum absolute atomic E-state index is 0.0629. The first-order valence-corrected chi connectivity index (χ1v) is 7.77. The molecule has 0 unspecified atom stereocenters. The number of rotatable bonds is 7. The molecule has 0 N–H and O–H groups in total. The molecule has 26 heavy (non-hydrogen) atoms. The summed E-state index contributed by atoms with van der Waals surface area (Å²) in [6.07, 6.45) is 0.548. The van der Waals surface area contributed by atoms with E-state index in [0.717, 1.165) is 17.7 Å². The lowest BCUT2D eigenvalue weighted by Crippen LogP contribution is -2.29. The van der Waals surface area contributed by atoms with Gasteiger partial charge in [-0.15, -0.1) is 0 Å². The van der Waals surface area contributed by atoms with E-state index in [1.807, 2.05) is 12.1 Å². The molecule has 0 saturated heterocycles. The summed E-state index contributed by atoms with van der Waals surface area (Å²) in [7, 11) is 4.67. The Balaban J connectivity index is 2.08. The van der Waals surface area contributed by atoms with Crippen LogP contribution in [0.5, 0.6) is 11.5 Å². The number of ether oxygens (including phenoxy) is 2. The Bertz CT molecular complexity index is 825. The monoisotopic (exact) mass is 362 g/mol. The Morgan fingerprint density at radius 3 is 2.46 bits per heavy atom. The second-order valence-electron chi connectivity index (χ2n) is 5.59. The second-order valence-corrected chi connectivity index (χ2v) is 5.59. The molecule has 0 atom stereocenters. The number of nitrogens with zero attached hydrogens (tertiary/aromatic N) is 2. The molecule has 0 aliphatic carbocycles. The standard InChI is InChI=1S/C18H19FN2O5/c1-20(9-8-12-4-7-16(25-2)17(10-12)26-3)18(22)13-5-6-14(19)15(11-13)21(23)24/h4-7,10-11H,8-9H2,1-3H3. The fourth-order valence-electron chi connectivity index (χ4n) is 2.44. The van der Waals surface area contributed by atoms with Gasteiger partial charge in [0.25, 0.3) is 5.91 Å². The highest BCUT2D eigenvalue weighted by atomic mass is 19.1. The molecular weight excluding hydrogens is 343 g/mol. The van der Waals surface area contributed by atoms with E-state index in [-0.39, 0.29) is 5.56 Å². The minimum Gasteiger partial charge on any atom is -0.493 e. The van der Waals surface area contributed by atoms with Gasteiger partial charge in [-0.25, -0.2) is 0 Å². The number of benzene rings is 2. The lowest BCUT2D eigenvalue weighted by Gasteiger charge is -2.18. The molecule has 2 rings (SSSR count). The average molecular weight is 362 g/mol. The van der Waals surface area contributed by atoms with Crippen LogP contribution in [0.25, 0.3) is 0 Å². The molecule has 0 heterocycles. The van der Waals surface area contributed by atoms with E-state index in [1.54, 1.807) is 27.3 Å². The number of halogens is 1. The maximum Gasteiger partial charge on any atom is 0.305 e. The zero-order valence-corrected chi connectivity index (χ0v) is 14.7. The quantitative estimate of drug-likeness (QED) is 0.558. The number of amides is 1. The van der Waals surface area contributed by atoms with Gasteiger partial charge in [-0.05, 0) is 36.2 Å². The van der Waals surface area contributed by atoms with Gasteiger partial charge in [-0.1, -0.05) is 6.07 Å². The summed E-state index contributed by atoms with van der Waals surface area (Å²) < 4.78 is 23.8. The summed E-state index contributed by atoms with van der Waals surface area (Å²) in [6.45, 7) is 0.374. The maximum atomic E-state index is 13.4. The number of hydrogen-bond acceptors (Lipinski definition) is 5. The molecule has 8 heteroatoms. The number of hydrogen-bond donors (Lipinski definition) is 0. The fourth-order valence-corrected chi connectivity index (χ4v) is 2.44. The summed E-state index contributed by atoms with van der Waals surface area (Å²) in [5, 5.41) is 10.8. The van der Waals surface area contributed by atoms with Gasteiger partial charge >= 0.3 is 5.69 Å². The highest BCUT2D eigenvalue weighted by molar-refractivity contribution is 5.94. The van der Waals surface area contributed by atoms with Crippen molar-refractivity contribution in [3.63, 3.8) is 0 Å². The van der Waals surface area contributed by atoms with Crippen LogP contribution in [0.15, 0.2) is 36.4 Å². The van der Waals surface area contributed by atoms with E-state index in [0.29, 0.717) is 24.5 Å². The summed E-state index contributed by atoms with van der Waals surface area (Å²) in [5.41, 5.74) is 0.282. The van der Waals surface area contributed by atoms with Gasteiger partial charge in [0.05, 0.1) is 19.1 Å². The Hall–Kier alpha value is -3.16. The molecule has 138 valence electrons. The number of methoxy groups -OCH3 is 2. The molecular formula is C18H19FN2O5. The molecule has 0 aromatic heterocycles. The Morgan fingerprint density at radius 2 is 1.85 bits per heavy atom. The van der Waals surface area contributed by atoms with Crippen LogP contribution in [0.1, 0.15) is 15.9 Å². The van der Waals surface area contributed by atoms with Crippen molar-refractivity contribution in [2.24, 2.45) is 0 Å². The van der Waals surface area contributed by atoms with Crippen LogP contribution in [-0.4, -0.2) is 43.5 Å². The molecule has 0 aliphatic rings. The first-order chi connectivity index (χ1) is 12.4. The number of nitro groups is 1. The average Bonchev–Trinajstić information content (AvgIpc) is 2.65. The van der Waals surface area contributed by atoms with Crippen LogP contribution in [0.4, 0.5) is 10.1 Å². The largest absolute Gasteiger partial charge is 0.493 e. The summed E-state index contributed by atoms with van der Waals surface area (Å²) in [6, 6.07) is 8.57. The van der Waals surface area contributed by atoms with Crippen LogP contribution in [0.2, 0.25) is 0 Å². The molecule has 0 aliphatic heterocycles. The predicted octanol–water partition coefficient (Wildman–Crippen LogP) is 3.07. The van der Waals surface area contributed by atoms with Gasteiger partial charge in [-0.3, -0.25) is 14.9 Å². The van der Waals surface area contributed by atoms with Crippen molar-refractivity contribution in [2.45, 2.75) is 6.42 Å². The fraction of sp³-hybridized carbons (Fsp3) is 0.278. The van der Waals surface area contributed by atoms with E-state index in [4.69, 9.17) is 9.47 Å².